The van der Waals surface area contributed by atoms with E-state index in [0.29, 0.717) is 12.1 Å². The highest BCUT2D eigenvalue weighted by molar-refractivity contribution is 9.10. The topological polar surface area (TPSA) is 64.2 Å². The van der Waals surface area contributed by atoms with Gasteiger partial charge in [-0.3, -0.25) is 4.79 Å². The van der Waals surface area contributed by atoms with Crippen molar-refractivity contribution < 1.29 is 4.79 Å². The Morgan fingerprint density at radius 2 is 1.92 bits per heavy atom. The van der Waals surface area contributed by atoms with E-state index in [9.17, 15) is 4.79 Å². The standard InChI is InChI=1S/C19H16BrN5O/c1-13-8-9-22-25(13)17-5-2-14(3-6-17)19(26)21-10-16-12-24-11-15(20)4-7-18(24)23-16/h2-9,11-12H,10H2,1H3,(H,21,26). The lowest BCUT2D eigenvalue weighted by atomic mass is 10.2. The number of imidazole rings is 1. The Bertz CT molecular complexity index is 1080. The SMILES string of the molecule is Cc1ccnn1-c1ccc(C(=O)NCc2cn3cc(Br)ccc3n2)cc1. The van der Waals surface area contributed by atoms with Crippen LogP contribution in [0, 0.1) is 6.92 Å². The molecule has 1 aromatic carbocycles. The zero-order valence-corrected chi connectivity index (χ0v) is 15.6. The van der Waals surface area contributed by atoms with Gasteiger partial charge >= 0.3 is 0 Å². The van der Waals surface area contributed by atoms with E-state index < -0.39 is 0 Å². The lowest BCUT2D eigenvalue weighted by Gasteiger charge is -2.06. The molecular weight excluding hydrogens is 394 g/mol. The number of aryl methyl sites for hydroxylation is 1. The number of hydrogen-bond acceptors (Lipinski definition) is 3. The van der Waals surface area contributed by atoms with Crippen LogP contribution in [0.2, 0.25) is 0 Å². The van der Waals surface area contributed by atoms with Crippen LogP contribution >= 0.6 is 15.9 Å². The fourth-order valence-electron chi connectivity index (χ4n) is 2.77. The molecule has 1 amide bonds. The summed E-state index contributed by atoms with van der Waals surface area (Å²) >= 11 is 3.43. The number of nitrogens with zero attached hydrogens (tertiary/aromatic N) is 4. The minimum atomic E-state index is -0.132. The second-order valence-corrected chi connectivity index (χ2v) is 6.87. The molecular formula is C19H16BrN5O. The van der Waals surface area contributed by atoms with E-state index in [0.717, 1.165) is 27.2 Å². The number of aromatic nitrogens is 4. The minimum absolute atomic E-state index is 0.132. The average molecular weight is 410 g/mol. The second-order valence-electron chi connectivity index (χ2n) is 5.96. The molecule has 3 aromatic heterocycles. The highest BCUT2D eigenvalue weighted by Crippen LogP contribution is 2.13. The van der Waals surface area contributed by atoms with Gasteiger partial charge in [0.2, 0.25) is 0 Å². The Balaban J connectivity index is 1.45. The molecule has 0 aliphatic heterocycles. The van der Waals surface area contributed by atoms with Crippen LogP contribution in [0.1, 0.15) is 21.7 Å². The van der Waals surface area contributed by atoms with Crippen molar-refractivity contribution in [3.63, 3.8) is 0 Å². The summed E-state index contributed by atoms with van der Waals surface area (Å²) in [7, 11) is 0. The maximum Gasteiger partial charge on any atom is 0.251 e. The molecule has 0 saturated carbocycles. The summed E-state index contributed by atoms with van der Waals surface area (Å²) in [5.74, 6) is -0.132. The van der Waals surface area contributed by atoms with Gasteiger partial charge in [0.05, 0.1) is 17.9 Å². The molecule has 4 rings (SSSR count). The first-order valence-electron chi connectivity index (χ1n) is 8.12. The highest BCUT2D eigenvalue weighted by Gasteiger charge is 2.08. The van der Waals surface area contributed by atoms with Crippen LogP contribution in [0.4, 0.5) is 0 Å². The van der Waals surface area contributed by atoms with Crippen molar-refractivity contribution in [2.45, 2.75) is 13.5 Å². The third-order valence-electron chi connectivity index (χ3n) is 4.10. The summed E-state index contributed by atoms with van der Waals surface area (Å²) in [5.41, 5.74) is 4.22. The Kier molecular flexibility index (Phi) is 4.30. The summed E-state index contributed by atoms with van der Waals surface area (Å²) in [4.78, 5) is 16.9. The van der Waals surface area contributed by atoms with E-state index in [-0.39, 0.29) is 5.91 Å². The van der Waals surface area contributed by atoms with Crippen molar-refractivity contribution in [2.24, 2.45) is 0 Å². The van der Waals surface area contributed by atoms with Crippen molar-refractivity contribution in [2.75, 3.05) is 0 Å². The number of carbonyl (C=O) groups excluding carboxylic acids is 1. The molecule has 0 fully saturated rings. The first-order chi connectivity index (χ1) is 12.6. The van der Waals surface area contributed by atoms with Crippen molar-refractivity contribution in [1.82, 2.24) is 24.5 Å². The summed E-state index contributed by atoms with van der Waals surface area (Å²) in [6.45, 7) is 2.36. The van der Waals surface area contributed by atoms with E-state index >= 15 is 0 Å². The molecule has 26 heavy (non-hydrogen) atoms. The van der Waals surface area contributed by atoms with Gasteiger partial charge in [-0.2, -0.15) is 5.10 Å². The number of hydrogen-bond donors (Lipinski definition) is 1. The van der Waals surface area contributed by atoms with Crippen LogP contribution in [-0.2, 0) is 6.54 Å². The minimum Gasteiger partial charge on any atom is -0.346 e. The van der Waals surface area contributed by atoms with Gasteiger partial charge in [0.1, 0.15) is 5.65 Å². The predicted octanol–water partition coefficient (Wildman–Crippen LogP) is 3.52. The van der Waals surface area contributed by atoms with Crippen LogP contribution in [0.25, 0.3) is 11.3 Å². The fourth-order valence-corrected chi connectivity index (χ4v) is 3.12. The van der Waals surface area contributed by atoms with E-state index in [1.54, 1.807) is 18.3 Å². The fraction of sp³-hybridized carbons (Fsp3) is 0.105. The summed E-state index contributed by atoms with van der Waals surface area (Å²) < 4.78 is 4.73. The molecule has 0 saturated heterocycles. The zero-order valence-electron chi connectivity index (χ0n) is 14.1. The second kappa shape index (κ2) is 6.76. The molecule has 6 nitrogen and oxygen atoms in total. The molecule has 7 heteroatoms. The van der Waals surface area contributed by atoms with Crippen molar-refractivity contribution >= 4 is 27.5 Å². The first-order valence-corrected chi connectivity index (χ1v) is 8.92. The largest absolute Gasteiger partial charge is 0.346 e. The van der Waals surface area contributed by atoms with Gasteiger partial charge in [0.25, 0.3) is 5.91 Å². The predicted molar refractivity (Wildman–Crippen MR) is 102 cm³/mol. The van der Waals surface area contributed by atoms with Crippen LogP contribution in [0.15, 0.2) is 65.5 Å². The molecule has 0 atom stereocenters. The van der Waals surface area contributed by atoms with Gasteiger partial charge in [-0.25, -0.2) is 9.67 Å². The summed E-state index contributed by atoms with van der Waals surface area (Å²) in [6, 6.07) is 13.2. The number of halogens is 1. The van der Waals surface area contributed by atoms with Crippen molar-refractivity contribution in [3.8, 4) is 5.69 Å². The number of fused-ring (bicyclic) bond motifs is 1. The van der Waals surface area contributed by atoms with Gasteiger partial charge in [0, 0.05) is 34.3 Å². The Labute approximate surface area is 158 Å². The molecule has 0 radical (unpaired) electrons. The first kappa shape index (κ1) is 16.5. The smallest absolute Gasteiger partial charge is 0.251 e. The van der Waals surface area contributed by atoms with E-state index in [1.165, 1.54) is 0 Å². The molecule has 0 unspecified atom stereocenters. The number of amides is 1. The van der Waals surface area contributed by atoms with Gasteiger partial charge < -0.3 is 9.72 Å². The van der Waals surface area contributed by atoms with Gasteiger partial charge in [-0.1, -0.05) is 0 Å². The molecule has 0 aliphatic carbocycles. The molecule has 0 aliphatic rings. The molecule has 1 N–H and O–H groups in total. The number of pyridine rings is 1. The van der Waals surface area contributed by atoms with Crippen molar-refractivity contribution in [1.29, 1.82) is 0 Å². The van der Waals surface area contributed by atoms with Crippen LogP contribution in [0.5, 0.6) is 0 Å². The summed E-state index contributed by atoms with van der Waals surface area (Å²) in [6.07, 6.45) is 5.59. The monoisotopic (exact) mass is 409 g/mol. The maximum absolute atomic E-state index is 12.4. The van der Waals surface area contributed by atoms with Gasteiger partial charge in [0.15, 0.2) is 0 Å². The summed E-state index contributed by atoms with van der Waals surface area (Å²) in [5, 5.41) is 7.17. The average Bonchev–Trinajstić information content (AvgIpc) is 3.25. The zero-order chi connectivity index (χ0) is 18.1. The molecule has 0 bridgehead atoms. The molecule has 130 valence electrons. The number of nitrogens with one attached hydrogen (secondary N) is 1. The van der Waals surface area contributed by atoms with Gasteiger partial charge in [-0.05, 0) is 65.3 Å². The number of rotatable bonds is 4. The lowest BCUT2D eigenvalue weighted by Crippen LogP contribution is -2.22. The quantitative estimate of drug-likeness (QED) is 0.560. The van der Waals surface area contributed by atoms with E-state index in [2.05, 4.69) is 31.3 Å². The Morgan fingerprint density at radius 1 is 1.12 bits per heavy atom. The third kappa shape index (κ3) is 3.25. The molecule has 4 aromatic rings. The van der Waals surface area contributed by atoms with Crippen molar-refractivity contribution in [3.05, 3.63) is 82.5 Å². The normalized spacial score (nSPS) is 11.0. The maximum atomic E-state index is 12.4. The van der Waals surface area contributed by atoms with E-state index in [1.807, 2.05) is 58.7 Å². The lowest BCUT2D eigenvalue weighted by molar-refractivity contribution is 0.0950. The molecule has 3 heterocycles. The molecule has 0 spiro atoms. The van der Waals surface area contributed by atoms with E-state index in [4.69, 9.17) is 0 Å². The van der Waals surface area contributed by atoms with Crippen LogP contribution in [-0.4, -0.2) is 25.1 Å². The van der Waals surface area contributed by atoms with Crippen LogP contribution in [0.3, 0.4) is 0 Å². The highest BCUT2D eigenvalue weighted by atomic mass is 79.9. The number of carbonyl (C=O) groups is 1. The number of benzene rings is 1. The third-order valence-corrected chi connectivity index (χ3v) is 4.57. The van der Waals surface area contributed by atoms with Gasteiger partial charge in [-0.15, -0.1) is 0 Å². The Hall–Kier alpha value is -2.93. The Morgan fingerprint density at radius 3 is 2.65 bits per heavy atom. The van der Waals surface area contributed by atoms with Crippen LogP contribution < -0.4 is 5.32 Å².